The maximum absolute atomic E-state index is 12.6. The minimum absolute atomic E-state index is 0.0211. The van der Waals surface area contributed by atoms with Crippen LogP contribution in [0.15, 0.2) is 35.8 Å². The summed E-state index contributed by atoms with van der Waals surface area (Å²) in [5.41, 5.74) is 0.898. The quantitative estimate of drug-likeness (QED) is 0.911. The number of thiophene rings is 1. The van der Waals surface area contributed by atoms with Gasteiger partial charge in [0.05, 0.1) is 12.6 Å². The van der Waals surface area contributed by atoms with Crippen LogP contribution in [0.1, 0.15) is 36.2 Å². The lowest BCUT2D eigenvalue weighted by molar-refractivity contribution is 0.193. The molecule has 0 spiro atoms. The number of nitrogens with one attached hydrogen (secondary N) is 1. The van der Waals surface area contributed by atoms with Crippen LogP contribution >= 0.6 is 11.3 Å². The molecule has 2 aromatic heterocycles. The van der Waals surface area contributed by atoms with Gasteiger partial charge in [-0.3, -0.25) is 0 Å². The fraction of sp³-hybridized carbons (Fsp3) is 0.412. The van der Waals surface area contributed by atoms with E-state index >= 15 is 0 Å². The first-order chi connectivity index (χ1) is 11.3. The summed E-state index contributed by atoms with van der Waals surface area (Å²) in [4.78, 5) is 20.0. The summed E-state index contributed by atoms with van der Waals surface area (Å²) in [5.74, 6) is 0.589. The highest BCUT2D eigenvalue weighted by molar-refractivity contribution is 7.10. The van der Waals surface area contributed by atoms with Crippen LogP contribution in [0.2, 0.25) is 0 Å². The van der Waals surface area contributed by atoms with Gasteiger partial charge >= 0.3 is 6.03 Å². The van der Waals surface area contributed by atoms with E-state index in [1.165, 1.54) is 4.88 Å². The van der Waals surface area contributed by atoms with Crippen molar-refractivity contribution in [2.24, 2.45) is 0 Å². The van der Waals surface area contributed by atoms with Crippen LogP contribution in [0.3, 0.4) is 0 Å². The van der Waals surface area contributed by atoms with Gasteiger partial charge in [-0.05, 0) is 37.3 Å². The maximum Gasteiger partial charge on any atom is 0.318 e. The number of likely N-dealkylation sites (tertiary alicyclic amines) is 1. The Hall–Kier alpha value is -2.08. The van der Waals surface area contributed by atoms with Crippen LogP contribution in [0.5, 0.6) is 5.88 Å². The van der Waals surface area contributed by atoms with Crippen molar-refractivity contribution in [2.75, 3.05) is 13.2 Å². The zero-order chi connectivity index (χ0) is 16.1. The minimum Gasteiger partial charge on any atom is -0.478 e. The van der Waals surface area contributed by atoms with E-state index in [1.807, 2.05) is 30.0 Å². The van der Waals surface area contributed by atoms with Gasteiger partial charge in [-0.1, -0.05) is 12.1 Å². The van der Waals surface area contributed by atoms with Crippen molar-refractivity contribution in [1.82, 2.24) is 15.2 Å². The molecule has 6 heteroatoms. The Labute approximate surface area is 140 Å². The second-order valence-electron chi connectivity index (χ2n) is 5.43. The molecule has 1 saturated heterocycles. The topological polar surface area (TPSA) is 54.5 Å². The zero-order valence-electron chi connectivity index (χ0n) is 13.2. The molecule has 0 aliphatic carbocycles. The third kappa shape index (κ3) is 3.64. The van der Waals surface area contributed by atoms with E-state index in [0.29, 0.717) is 19.0 Å². The first-order valence-electron chi connectivity index (χ1n) is 7.94. The largest absolute Gasteiger partial charge is 0.478 e. The van der Waals surface area contributed by atoms with E-state index in [2.05, 4.69) is 21.7 Å². The third-order valence-corrected chi connectivity index (χ3v) is 4.92. The number of rotatable bonds is 5. The predicted octanol–water partition coefficient (Wildman–Crippen LogP) is 3.59. The SMILES string of the molecule is CCOc1ncccc1CNC(=O)N1CCC[C@H]1c1cccs1. The fourth-order valence-electron chi connectivity index (χ4n) is 2.88. The molecule has 122 valence electrons. The smallest absolute Gasteiger partial charge is 0.318 e. The molecule has 23 heavy (non-hydrogen) atoms. The number of hydrogen-bond donors (Lipinski definition) is 1. The Balaban J connectivity index is 1.63. The lowest BCUT2D eigenvalue weighted by Crippen LogP contribution is -2.39. The minimum atomic E-state index is -0.0211. The number of amides is 2. The van der Waals surface area contributed by atoms with Gasteiger partial charge in [-0.25, -0.2) is 9.78 Å². The first-order valence-corrected chi connectivity index (χ1v) is 8.82. The van der Waals surface area contributed by atoms with Gasteiger partial charge in [0.1, 0.15) is 0 Å². The van der Waals surface area contributed by atoms with Crippen LogP contribution in [-0.2, 0) is 6.54 Å². The number of pyridine rings is 1. The molecular weight excluding hydrogens is 310 g/mol. The molecule has 0 bridgehead atoms. The standard InChI is InChI=1S/C17H21N3O2S/c1-2-22-16-13(6-3-9-18-16)12-19-17(21)20-10-4-7-14(20)15-8-5-11-23-15/h3,5-6,8-9,11,14H,2,4,7,10,12H2,1H3,(H,19,21)/t14-/m0/s1. The third-order valence-electron chi connectivity index (χ3n) is 3.95. The number of ether oxygens (including phenoxy) is 1. The van der Waals surface area contributed by atoms with Crippen molar-refractivity contribution in [3.63, 3.8) is 0 Å². The normalized spacial score (nSPS) is 17.3. The molecule has 5 nitrogen and oxygen atoms in total. The van der Waals surface area contributed by atoms with E-state index in [0.717, 1.165) is 24.9 Å². The molecule has 1 N–H and O–H groups in total. The van der Waals surface area contributed by atoms with Gasteiger partial charge in [-0.15, -0.1) is 11.3 Å². The lowest BCUT2D eigenvalue weighted by atomic mass is 10.2. The molecule has 3 heterocycles. The highest BCUT2D eigenvalue weighted by Gasteiger charge is 2.30. The van der Waals surface area contributed by atoms with E-state index in [1.54, 1.807) is 17.5 Å². The van der Waals surface area contributed by atoms with Gasteiger partial charge < -0.3 is 15.0 Å². The Morgan fingerprint density at radius 3 is 3.17 bits per heavy atom. The van der Waals surface area contributed by atoms with Crippen LogP contribution in [0.4, 0.5) is 4.79 Å². The number of aromatic nitrogens is 1. The predicted molar refractivity (Wildman–Crippen MR) is 90.6 cm³/mol. The van der Waals surface area contributed by atoms with Crippen molar-refractivity contribution in [3.8, 4) is 5.88 Å². The van der Waals surface area contributed by atoms with Gasteiger partial charge in [-0.2, -0.15) is 0 Å². The molecule has 0 aromatic carbocycles. The van der Waals surface area contributed by atoms with Gasteiger partial charge in [0.25, 0.3) is 0 Å². The lowest BCUT2D eigenvalue weighted by Gasteiger charge is -2.24. The first kappa shape index (κ1) is 15.8. The summed E-state index contributed by atoms with van der Waals surface area (Å²) in [6.07, 6.45) is 3.78. The van der Waals surface area contributed by atoms with E-state index in [9.17, 15) is 4.79 Å². The summed E-state index contributed by atoms with van der Waals surface area (Å²) >= 11 is 1.71. The second-order valence-corrected chi connectivity index (χ2v) is 6.41. The van der Waals surface area contributed by atoms with Crippen molar-refractivity contribution in [1.29, 1.82) is 0 Å². The summed E-state index contributed by atoms with van der Waals surface area (Å²) < 4.78 is 5.50. The Morgan fingerprint density at radius 1 is 1.48 bits per heavy atom. The zero-order valence-corrected chi connectivity index (χ0v) is 14.0. The number of hydrogen-bond acceptors (Lipinski definition) is 4. The number of carbonyl (C=O) groups is 1. The highest BCUT2D eigenvalue weighted by atomic mass is 32.1. The van der Waals surface area contributed by atoms with Gasteiger partial charge in [0, 0.05) is 29.7 Å². The van der Waals surface area contributed by atoms with E-state index in [4.69, 9.17) is 4.74 Å². The molecule has 0 unspecified atom stereocenters. The van der Waals surface area contributed by atoms with Crippen LogP contribution in [0.25, 0.3) is 0 Å². The number of carbonyl (C=O) groups excluding carboxylic acids is 1. The molecule has 1 aliphatic rings. The Morgan fingerprint density at radius 2 is 2.39 bits per heavy atom. The maximum atomic E-state index is 12.6. The van der Waals surface area contributed by atoms with Crippen molar-refractivity contribution < 1.29 is 9.53 Å². The Bertz CT molecular complexity index is 645. The summed E-state index contributed by atoms with van der Waals surface area (Å²) in [7, 11) is 0. The molecule has 3 rings (SSSR count). The van der Waals surface area contributed by atoms with Gasteiger partial charge in [0.15, 0.2) is 0 Å². The van der Waals surface area contributed by atoms with Crippen molar-refractivity contribution in [2.45, 2.75) is 32.4 Å². The summed E-state index contributed by atoms with van der Waals surface area (Å²) in [6.45, 7) is 3.72. The molecule has 1 atom stereocenters. The van der Waals surface area contributed by atoms with Crippen LogP contribution < -0.4 is 10.1 Å². The fourth-order valence-corrected chi connectivity index (χ4v) is 3.76. The second kappa shape index (κ2) is 7.46. The number of urea groups is 1. The average Bonchev–Trinajstić information content (AvgIpc) is 3.24. The number of nitrogens with zero attached hydrogens (tertiary/aromatic N) is 2. The van der Waals surface area contributed by atoms with Gasteiger partial charge in [0.2, 0.25) is 5.88 Å². The highest BCUT2D eigenvalue weighted by Crippen LogP contribution is 2.34. The molecule has 0 radical (unpaired) electrons. The molecule has 1 fully saturated rings. The molecule has 0 saturated carbocycles. The van der Waals surface area contributed by atoms with Crippen molar-refractivity contribution >= 4 is 17.4 Å². The van der Waals surface area contributed by atoms with Crippen LogP contribution in [-0.4, -0.2) is 29.1 Å². The average molecular weight is 331 g/mol. The van der Waals surface area contributed by atoms with E-state index in [-0.39, 0.29) is 12.1 Å². The van der Waals surface area contributed by atoms with Crippen LogP contribution in [0, 0.1) is 0 Å². The molecule has 1 aliphatic heterocycles. The molecular formula is C17H21N3O2S. The summed E-state index contributed by atoms with van der Waals surface area (Å²) in [5, 5.41) is 5.07. The Kier molecular flexibility index (Phi) is 5.12. The summed E-state index contributed by atoms with van der Waals surface area (Å²) in [6, 6.07) is 8.11. The van der Waals surface area contributed by atoms with Crippen molar-refractivity contribution in [3.05, 3.63) is 46.3 Å². The van der Waals surface area contributed by atoms with E-state index < -0.39 is 0 Å². The monoisotopic (exact) mass is 331 g/mol. The molecule has 2 amide bonds. The molecule has 2 aromatic rings.